The maximum atomic E-state index is 12.0. The smallest absolute Gasteiger partial charge is 0.335 e. The second kappa shape index (κ2) is 9.83. The number of anilines is 4. The lowest BCUT2D eigenvalue weighted by Gasteiger charge is -2.13. The number of benzene rings is 2. The monoisotopic (exact) mass is 462 g/mol. The molecule has 0 atom stereocenters. The minimum absolute atomic E-state index is 0.131. The Morgan fingerprint density at radius 2 is 1.77 bits per heavy atom. The first kappa shape index (κ1) is 21.9. The number of carbonyl (C=O) groups is 2. The SMILES string of the molecule is Nc1c(NNC(=O)COc2ccc(Cl)cc2Cl)ncnc1Nc1ccc(C(=O)O)cc1. The molecular weight excluding hydrogens is 447 g/mol. The summed E-state index contributed by atoms with van der Waals surface area (Å²) >= 11 is 11.8. The molecule has 0 saturated carbocycles. The first-order valence-electron chi connectivity index (χ1n) is 8.67. The second-order valence-electron chi connectivity index (χ2n) is 6.03. The third kappa shape index (κ3) is 5.87. The predicted octanol–water partition coefficient (Wildman–Crippen LogP) is 3.33. The van der Waals surface area contributed by atoms with Crippen LogP contribution in [0.5, 0.6) is 5.75 Å². The van der Waals surface area contributed by atoms with Crippen molar-refractivity contribution in [3.05, 3.63) is 64.4 Å². The van der Waals surface area contributed by atoms with Crippen molar-refractivity contribution in [1.82, 2.24) is 15.4 Å². The number of aromatic nitrogens is 2. The molecule has 3 aromatic rings. The number of aromatic carboxylic acids is 1. The van der Waals surface area contributed by atoms with Gasteiger partial charge in [-0.05, 0) is 42.5 Å². The van der Waals surface area contributed by atoms with Crippen LogP contribution in [0.25, 0.3) is 0 Å². The van der Waals surface area contributed by atoms with Gasteiger partial charge in [0.15, 0.2) is 18.2 Å². The van der Waals surface area contributed by atoms with Crippen molar-refractivity contribution in [1.29, 1.82) is 0 Å². The number of amides is 1. The fourth-order valence-electron chi connectivity index (χ4n) is 2.33. The van der Waals surface area contributed by atoms with Gasteiger partial charge in [0.05, 0.1) is 10.6 Å². The van der Waals surface area contributed by atoms with Crippen LogP contribution >= 0.6 is 23.2 Å². The zero-order valence-electron chi connectivity index (χ0n) is 15.7. The van der Waals surface area contributed by atoms with Gasteiger partial charge in [0.1, 0.15) is 17.8 Å². The van der Waals surface area contributed by atoms with Crippen molar-refractivity contribution in [3.63, 3.8) is 0 Å². The number of hydrogen-bond acceptors (Lipinski definition) is 8. The van der Waals surface area contributed by atoms with Gasteiger partial charge in [-0.1, -0.05) is 23.2 Å². The van der Waals surface area contributed by atoms with Crippen LogP contribution in [0.2, 0.25) is 10.0 Å². The molecule has 160 valence electrons. The zero-order chi connectivity index (χ0) is 22.4. The summed E-state index contributed by atoms with van der Waals surface area (Å²) in [7, 11) is 0. The first-order chi connectivity index (χ1) is 14.8. The van der Waals surface area contributed by atoms with Crippen LogP contribution in [0.1, 0.15) is 10.4 Å². The van der Waals surface area contributed by atoms with Crippen LogP contribution in [0.15, 0.2) is 48.8 Å². The molecule has 2 aromatic carbocycles. The summed E-state index contributed by atoms with van der Waals surface area (Å²) in [6.07, 6.45) is 1.24. The highest BCUT2D eigenvalue weighted by Gasteiger charge is 2.11. The van der Waals surface area contributed by atoms with Crippen molar-refractivity contribution in [2.24, 2.45) is 0 Å². The van der Waals surface area contributed by atoms with Gasteiger partial charge < -0.3 is 20.9 Å². The molecule has 0 fully saturated rings. The lowest BCUT2D eigenvalue weighted by atomic mass is 10.2. The summed E-state index contributed by atoms with van der Waals surface area (Å²) in [6, 6.07) is 10.7. The van der Waals surface area contributed by atoms with Gasteiger partial charge in [-0.2, -0.15) is 0 Å². The maximum absolute atomic E-state index is 12.0. The third-order valence-corrected chi connectivity index (χ3v) is 4.38. The number of nitrogens with one attached hydrogen (secondary N) is 3. The Morgan fingerprint density at radius 3 is 2.45 bits per heavy atom. The van der Waals surface area contributed by atoms with Crippen molar-refractivity contribution in [2.75, 3.05) is 23.1 Å². The van der Waals surface area contributed by atoms with Crippen LogP contribution in [0.3, 0.4) is 0 Å². The standard InChI is InChI=1S/C19H16Cl2N6O4/c20-11-3-6-14(13(21)7-11)31-8-15(28)26-27-18-16(22)17(23-9-24-18)25-12-4-1-10(2-5-12)19(29)30/h1-7,9H,8,22H2,(H,26,28)(H,29,30)(H2,23,24,25,27). The van der Waals surface area contributed by atoms with E-state index in [-0.39, 0.29) is 34.5 Å². The van der Waals surface area contributed by atoms with Gasteiger partial charge in [-0.3, -0.25) is 15.6 Å². The van der Waals surface area contributed by atoms with Gasteiger partial charge in [0.25, 0.3) is 5.91 Å². The summed E-state index contributed by atoms with van der Waals surface area (Å²) in [6.45, 7) is -0.319. The molecule has 0 saturated heterocycles. The zero-order valence-corrected chi connectivity index (χ0v) is 17.2. The molecule has 3 rings (SSSR count). The van der Waals surface area contributed by atoms with Crippen LogP contribution in [-0.2, 0) is 4.79 Å². The summed E-state index contributed by atoms with van der Waals surface area (Å²) in [5.74, 6) is -0.819. The van der Waals surface area contributed by atoms with E-state index in [0.717, 1.165) is 0 Å². The topological polar surface area (TPSA) is 151 Å². The summed E-state index contributed by atoms with van der Waals surface area (Å²) < 4.78 is 5.34. The number of rotatable bonds is 8. The molecule has 0 bridgehead atoms. The first-order valence-corrected chi connectivity index (χ1v) is 9.42. The molecule has 0 spiro atoms. The minimum atomic E-state index is -1.03. The Hall–Kier alpha value is -3.76. The van der Waals surface area contributed by atoms with Crippen LogP contribution < -0.4 is 26.6 Å². The molecule has 10 nitrogen and oxygen atoms in total. The van der Waals surface area contributed by atoms with Gasteiger partial charge in [-0.15, -0.1) is 0 Å². The molecule has 1 aromatic heterocycles. The molecule has 1 heterocycles. The lowest BCUT2D eigenvalue weighted by Crippen LogP contribution is -2.34. The molecule has 0 aliphatic heterocycles. The van der Waals surface area contributed by atoms with Gasteiger partial charge >= 0.3 is 5.97 Å². The molecular formula is C19H16Cl2N6O4. The molecule has 0 aliphatic carbocycles. The summed E-state index contributed by atoms with van der Waals surface area (Å²) in [5, 5.41) is 12.6. The summed E-state index contributed by atoms with van der Waals surface area (Å²) in [5.41, 5.74) is 11.9. The Kier molecular flexibility index (Phi) is 6.96. The molecule has 31 heavy (non-hydrogen) atoms. The number of nitrogen functional groups attached to an aromatic ring is 1. The number of hydrazine groups is 1. The maximum Gasteiger partial charge on any atom is 0.335 e. The highest BCUT2D eigenvalue weighted by molar-refractivity contribution is 6.35. The number of ether oxygens (including phenoxy) is 1. The van der Waals surface area contributed by atoms with E-state index in [1.54, 1.807) is 24.3 Å². The molecule has 1 amide bonds. The fourth-order valence-corrected chi connectivity index (χ4v) is 2.79. The normalized spacial score (nSPS) is 10.3. The average molecular weight is 463 g/mol. The van der Waals surface area contributed by atoms with Crippen molar-refractivity contribution >= 4 is 58.1 Å². The van der Waals surface area contributed by atoms with Crippen LogP contribution in [0, 0.1) is 0 Å². The van der Waals surface area contributed by atoms with Crippen molar-refractivity contribution < 1.29 is 19.4 Å². The quantitative estimate of drug-likeness (QED) is 0.317. The van der Waals surface area contributed by atoms with Crippen LogP contribution in [0.4, 0.5) is 23.0 Å². The van der Waals surface area contributed by atoms with Gasteiger partial charge in [-0.25, -0.2) is 14.8 Å². The average Bonchev–Trinajstić information content (AvgIpc) is 2.74. The molecule has 0 aliphatic rings. The lowest BCUT2D eigenvalue weighted by molar-refractivity contribution is -0.122. The molecule has 0 unspecified atom stereocenters. The van der Waals surface area contributed by atoms with Crippen molar-refractivity contribution in [3.8, 4) is 5.75 Å². The Balaban J connectivity index is 1.58. The van der Waals surface area contributed by atoms with E-state index in [0.29, 0.717) is 16.5 Å². The number of carboxylic acids is 1. The number of halogens is 2. The third-order valence-electron chi connectivity index (χ3n) is 3.85. The Labute approximate surface area is 186 Å². The number of hydrogen-bond donors (Lipinski definition) is 5. The largest absolute Gasteiger partial charge is 0.482 e. The molecule has 0 radical (unpaired) electrons. The molecule has 12 heteroatoms. The predicted molar refractivity (Wildman–Crippen MR) is 117 cm³/mol. The minimum Gasteiger partial charge on any atom is -0.482 e. The van der Waals surface area contributed by atoms with Crippen molar-refractivity contribution in [2.45, 2.75) is 0 Å². The highest BCUT2D eigenvalue weighted by Crippen LogP contribution is 2.27. The van der Waals surface area contributed by atoms with Gasteiger partial charge in [0, 0.05) is 10.7 Å². The second-order valence-corrected chi connectivity index (χ2v) is 6.87. The molecule has 6 N–H and O–H groups in total. The van der Waals surface area contributed by atoms with E-state index in [1.807, 2.05) is 0 Å². The fraction of sp³-hybridized carbons (Fsp3) is 0.0526. The van der Waals surface area contributed by atoms with E-state index < -0.39 is 11.9 Å². The van der Waals surface area contributed by atoms with E-state index in [4.69, 9.17) is 38.8 Å². The number of carbonyl (C=O) groups excluding carboxylic acids is 1. The Bertz CT molecular complexity index is 1110. The Morgan fingerprint density at radius 1 is 1.06 bits per heavy atom. The van der Waals surface area contributed by atoms with E-state index >= 15 is 0 Å². The van der Waals surface area contributed by atoms with E-state index in [1.165, 1.54) is 24.5 Å². The van der Waals surface area contributed by atoms with E-state index in [2.05, 4.69) is 26.1 Å². The number of nitrogens with zero attached hydrogens (tertiary/aromatic N) is 2. The highest BCUT2D eigenvalue weighted by atomic mass is 35.5. The summed E-state index contributed by atoms with van der Waals surface area (Å²) in [4.78, 5) is 31.0. The number of carboxylic acid groups (broad SMARTS) is 1. The van der Waals surface area contributed by atoms with Crippen LogP contribution in [-0.4, -0.2) is 33.6 Å². The number of nitrogens with two attached hydrogens (primary N) is 1. The van der Waals surface area contributed by atoms with E-state index in [9.17, 15) is 9.59 Å². The van der Waals surface area contributed by atoms with Gasteiger partial charge in [0.2, 0.25) is 0 Å².